The van der Waals surface area contributed by atoms with Gasteiger partial charge in [-0.05, 0) is 65.7 Å². The van der Waals surface area contributed by atoms with Gasteiger partial charge < -0.3 is 10.2 Å². The van der Waals surface area contributed by atoms with Crippen molar-refractivity contribution in [2.24, 2.45) is 0 Å². The van der Waals surface area contributed by atoms with E-state index in [9.17, 15) is 10.2 Å². The Hall–Kier alpha value is -4.05. The Balaban J connectivity index is 1.67. The topological polar surface area (TPSA) is 58.3 Å². The molecule has 4 rings (SSSR count). The number of hydrogen-bond donors (Lipinski definition) is 2. The average Bonchev–Trinajstić information content (AvgIpc) is 3.17. The van der Waals surface area contributed by atoms with E-state index >= 15 is 0 Å². The molecule has 1 heterocycles. The second-order valence-corrected chi connectivity index (χ2v) is 6.59. The SMILES string of the molecule is Oc1ccc(/C=C/c2cc(/C=C/c3ccc(O)cc3)n(-c3ccccc3)n2)cc1. The van der Waals surface area contributed by atoms with E-state index in [1.54, 1.807) is 24.3 Å². The molecule has 0 aliphatic carbocycles. The van der Waals surface area contributed by atoms with Crippen molar-refractivity contribution in [1.82, 2.24) is 9.78 Å². The van der Waals surface area contributed by atoms with E-state index in [4.69, 9.17) is 5.10 Å². The van der Waals surface area contributed by atoms with E-state index in [0.29, 0.717) is 0 Å². The number of hydrogen-bond acceptors (Lipinski definition) is 3. The highest BCUT2D eigenvalue weighted by molar-refractivity contribution is 5.73. The molecule has 0 atom stereocenters. The van der Waals surface area contributed by atoms with Crippen LogP contribution in [0.25, 0.3) is 30.0 Å². The second kappa shape index (κ2) is 8.31. The minimum absolute atomic E-state index is 0.247. The summed E-state index contributed by atoms with van der Waals surface area (Å²) in [5, 5.41) is 23.6. The van der Waals surface area contributed by atoms with Crippen LogP contribution in [0.2, 0.25) is 0 Å². The summed E-state index contributed by atoms with van der Waals surface area (Å²) in [7, 11) is 0. The van der Waals surface area contributed by atoms with E-state index in [0.717, 1.165) is 28.2 Å². The zero-order valence-corrected chi connectivity index (χ0v) is 15.7. The molecule has 2 N–H and O–H groups in total. The summed E-state index contributed by atoms with van der Waals surface area (Å²) in [4.78, 5) is 0. The first kappa shape index (κ1) is 18.3. The fraction of sp³-hybridized carbons (Fsp3) is 0. The van der Waals surface area contributed by atoms with Gasteiger partial charge in [0.2, 0.25) is 0 Å². The molecule has 0 saturated carbocycles. The third kappa shape index (κ3) is 4.62. The summed E-state index contributed by atoms with van der Waals surface area (Å²) in [5.74, 6) is 0.496. The van der Waals surface area contributed by atoms with Crippen LogP contribution in [0, 0.1) is 0 Å². The predicted molar refractivity (Wildman–Crippen MR) is 118 cm³/mol. The molecule has 0 saturated heterocycles. The minimum Gasteiger partial charge on any atom is -0.508 e. The van der Waals surface area contributed by atoms with Crippen LogP contribution in [-0.4, -0.2) is 20.0 Å². The Bertz CT molecular complexity index is 1140. The smallest absolute Gasteiger partial charge is 0.115 e. The van der Waals surface area contributed by atoms with Gasteiger partial charge in [-0.2, -0.15) is 5.10 Å². The van der Waals surface area contributed by atoms with Gasteiger partial charge in [-0.15, -0.1) is 0 Å². The zero-order chi connectivity index (χ0) is 20.1. The number of aromatic nitrogens is 2. The van der Waals surface area contributed by atoms with Crippen LogP contribution in [0.15, 0.2) is 84.9 Å². The van der Waals surface area contributed by atoms with Gasteiger partial charge in [0, 0.05) is 0 Å². The molecule has 0 fully saturated rings. The number of para-hydroxylation sites is 1. The van der Waals surface area contributed by atoms with E-state index in [-0.39, 0.29) is 11.5 Å². The zero-order valence-electron chi connectivity index (χ0n) is 15.7. The lowest BCUT2D eigenvalue weighted by atomic mass is 10.1. The van der Waals surface area contributed by atoms with Crippen molar-refractivity contribution >= 4 is 24.3 Å². The summed E-state index contributed by atoms with van der Waals surface area (Å²) in [5.41, 5.74) is 4.71. The van der Waals surface area contributed by atoms with Gasteiger partial charge in [0.05, 0.1) is 17.1 Å². The molecule has 0 bridgehead atoms. The maximum atomic E-state index is 9.45. The summed E-state index contributed by atoms with van der Waals surface area (Å²) in [6.45, 7) is 0. The first-order valence-electron chi connectivity index (χ1n) is 9.27. The van der Waals surface area contributed by atoms with Crippen LogP contribution < -0.4 is 0 Å². The molecule has 0 amide bonds. The lowest BCUT2D eigenvalue weighted by Gasteiger charge is -2.04. The van der Waals surface area contributed by atoms with Crippen LogP contribution in [-0.2, 0) is 0 Å². The lowest BCUT2D eigenvalue weighted by Crippen LogP contribution is -1.98. The Morgan fingerprint density at radius 3 is 1.76 bits per heavy atom. The van der Waals surface area contributed by atoms with Gasteiger partial charge in [-0.1, -0.05) is 54.6 Å². The maximum absolute atomic E-state index is 9.45. The summed E-state index contributed by atoms with van der Waals surface area (Å²) < 4.78 is 1.90. The van der Waals surface area contributed by atoms with Crippen molar-refractivity contribution in [2.75, 3.05) is 0 Å². The van der Waals surface area contributed by atoms with Crippen molar-refractivity contribution in [3.63, 3.8) is 0 Å². The standard InChI is InChI=1S/C25H20N2O2/c28-24-14-8-19(9-15-24)6-12-21-18-23(13-7-20-10-16-25(29)17-11-20)27(26-21)22-4-2-1-3-5-22/h1-18,28-29H/b12-6+,13-7+. The number of rotatable bonds is 5. The monoisotopic (exact) mass is 380 g/mol. The van der Waals surface area contributed by atoms with E-state index in [2.05, 4.69) is 0 Å². The largest absolute Gasteiger partial charge is 0.508 e. The molecule has 3 aromatic carbocycles. The first-order chi connectivity index (χ1) is 14.2. The number of phenolic OH excluding ortho intramolecular Hbond substituents is 2. The highest BCUT2D eigenvalue weighted by Crippen LogP contribution is 2.19. The fourth-order valence-electron chi connectivity index (χ4n) is 2.92. The van der Waals surface area contributed by atoms with Crippen molar-refractivity contribution in [3.05, 3.63) is 107 Å². The molecule has 4 nitrogen and oxygen atoms in total. The third-order valence-corrected chi connectivity index (χ3v) is 4.44. The molecule has 4 aromatic rings. The molecule has 0 spiro atoms. The third-order valence-electron chi connectivity index (χ3n) is 4.44. The Morgan fingerprint density at radius 1 is 0.621 bits per heavy atom. The maximum Gasteiger partial charge on any atom is 0.115 e. The molecule has 29 heavy (non-hydrogen) atoms. The first-order valence-corrected chi connectivity index (χ1v) is 9.27. The number of benzene rings is 3. The number of phenols is 2. The molecule has 0 aliphatic rings. The van der Waals surface area contributed by atoms with Gasteiger partial charge in [-0.3, -0.25) is 0 Å². The Labute approximate surface area is 169 Å². The van der Waals surface area contributed by atoms with Crippen LogP contribution in [0.5, 0.6) is 11.5 Å². The molecule has 0 aliphatic heterocycles. The second-order valence-electron chi connectivity index (χ2n) is 6.59. The van der Waals surface area contributed by atoms with E-state index in [1.807, 2.05) is 89.6 Å². The molecule has 0 unspecified atom stereocenters. The van der Waals surface area contributed by atoms with Crippen molar-refractivity contribution in [2.45, 2.75) is 0 Å². The lowest BCUT2D eigenvalue weighted by molar-refractivity contribution is 0.474. The highest BCUT2D eigenvalue weighted by atomic mass is 16.3. The van der Waals surface area contributed by atoms with Crippen molar-refractivity contribution in [3.8, 4) is 17.2 Å². The average molecular weight is 380 g/mol. The molecular weight excluding hydrogens is 360 g/mol. The predicted octanol–water partition coefficient (Wildman–Crippen LogP) is 5.62. The molecule has 142 valence electrons. The Morgan fingerprint density at radius 2 is 1.17 bits per heavy atom. The van der Waals surface area contributed by atoms with Crippen LogP contribution in [0.1, 0.15) is 22.5 Å². The molecule has 0 radical (unpaired) electrons. The summed E-state index contributed by atoms with van der Waals surface area (Å²) in [6.07, 6.45) is 7.90. The van der Waals surface area contributed by atoms with Gasteiger partial charge in [0.15, 0.2) is 0 Å². The van der Waals surface area contributed by atoms with Crippen LogP contribution in [0.4, 0.5) is 0 Å². The molecular formula is C25H20N2O2. The number of aromatic hydroxyl groups is 2. The molecule has 1 aromatic heterocycles. The van der Waals surface area contributed by atoms with Crippen LogP contribution in [0.3, 0.4) is 0 Å². The quantitative estimate of drug-likeness (QED) is 0.472. The van der Waals surface area contributed by atoms with Gasteiger partial charge in [0.25, 0.3) is 0 Å². The van der Waals surface area contributed by atoms with E-state index in [1.165, 1.54) is 0 Å². The fourth-order valence-corrected chi connectivity index (χ4v) is 2.92. The van der Waals surface area contributed by atoms with Crippen molar-refractivity contribution < 1.29 is 10.2 Å². The normalized spacial score (nSPS) is 11.4. The van der Waals surface area contributed by atoms with Crippen LogP contribution >= 0.6 is 0 Å². The summed E-state index contributed by atoms with van der Waals surface area (Å²) >= 11 is 0. The minimum atomic E-state index is 0.247. The van der Waals surface area contributed by atoms with Gasteiger partial charge >= 0.3 is 0 Å². The number of nitrogens with zero attached hydrogens (tertiary/aromatic N) is 2. The van der Waals surface area contributed by atoms with Gasteiger partial charge in [0.1, 0.15) is 11.5 Å². The van der Waals surface area contributed by atoms with E-state index < -0.39 is 0 Å². The highest BCUT2D eigenvalue weighted by Gasteiger charge is 2.06. The Kier molecular flexibility index (Phi) is 5.25. The molecule has 4 heteroatoms. The van der Waals surface area contributed by atoms with Gasteiger partial charge in [-0.25, -0.2) is 4.68 Å². The summed E-state index contributed by atoms with van der Waals surface area (Å²) in [6, 6.07) is 26.1. The van der Waals surface area contributed by atoms with Crippen molar-refractivity contribution in [1.29, 1.82) is 0 Å².